The molecule has 0 unspecified atom stereocenters. The van der Waals surface area contributed by atoms with Crippen LogP contribution in [-0.4, -0.2) is 30.8 Å². The summed E-state index contributed by atoms with van der Waals surface area (Å²) < 4.78 is 1.43. The zero-order valence-electron chi connectivity index (χ0n) is 16.5. The minimum absolute atomic E-state index is 0.00216. The summed E-state index contributed by atoms with van der Waals surface area (Å²) in [7, 11) is 3.91. The minimum atomic E-state index is -0.579. The van der Waals surface area contributed by atoms with E-state index in [0.29, 0.717) is 10.0 Å². The molecule has 1 aromatic heterocycles. The van der Waals surface area contributed by atoms with Crippen LogP contribution in [0, 0.1) is 0 Å². The van der Waals surface area contributed by atoms with E-state index in [1.54, 1.807) is 30.5 Å². The van der Waals surface area contributed by atoms with Crippen molar-refractivity contribution in [3.63, 3.8) is 0 Å². The molecule has 0 bridgehead atoms. The molecule has 6 nitrogen and oxygen atoms in total. The number of amides is 1. The fourth-order valence-electron chi connectivity index (χ4n) is 2.75. The molecule has 0 atom stereocenters. The summed E-state index contributed by atoms with van der Waals surface area (Å²) >= 11 is 12.0. The topological polar surface area (TPSA) is 66.7 Å². The lowest BCUT2D eigenvalue weighted by atomic mass is 10.2. The van der Waals surface area contributed by atoms with Crippen molar-refractivity contribution in [1.29, 1.82) is 0 Å². The average Bonchev–Trinajstić information content (AvgIpc) is 2.72. The maximum atomic E-state index is 12.7. The van der Waals surface area contributed by atoms with Crippen LogP contribution >= 0.6 is 23.2 Å². The summed E-state index contributed by atoms with van der Waals surface area (Å²) in [5, 5.41) is 4.80. The number of rotatable bonds is 6. The zero-order valence-corrected chi connectivity index (χ0v) is 18.0. The lowest BCUT2D eigenvalue weighted by Crippen LogP contribution is -2.30. The Morgan fingerprint density at radius 2 is 1.83 bits per heavy atom. The SMILES string of the molecule is CN(C)c1ccc(/C=N\NC(=O)c2cccn(Cc3ccc(Cl)c(Cl)c3)c2=O)cc1. The Balaban J connectivity index is 1.71. The molecule has 0 aliphatic heterocycles. The van der Waals surface area contributed by atoms with Crippen molar-refractivity contribution in [3.8, 4) is 0 Å². The second kappa shape index (κ2) is 9.61. The number of aromatic nitrogens is 1. The molecule has 0 saturated heterocycles. The lowest BCUT2D eigenvalue weighted by Gasteiger charge is -2.11. The number of nitrogens with one attached hydrogen (secondary N) is 1. The molecule has 0 saturated carbocycles. The molecule has 0 aliphatic rings. The van der Waals surface area contributed by atoms with E-state index in [1.807, 2.05) is 43.3 Å². The van der Waals surface area contributed by atoms with Crippen molar-refractivity contribution in [1.82, 2.24) is 9.99 Å². The summed E-state index contributed by atoms with van der Waals surface area (Å²) in [6.07, 6.45) is 3.13. The quantitative estimate of drug-likeness (QED) is 0.462. The van der Waals surface area contributed by atoms with Gasteiger partial charge in [0.1, 0.15) is 5.56 Å². The highest BCUT2D eigenvalue weighted by Gasteiger charge is 2.12. The van der Waals surface area contributed by atoms with Crippen LogP contribution in [0.2, 0.25) is 10.0 Å². The van der Waals surface area contributed by atoms with E-state index < -0.39 is 11.5 Å². The van der Waals surface area contributed by atoms with Gasteiger partial charge in [-0.1, -0.05) is 41.4 Å². The van der Waals surface area contributed by atoms with Crippen LogP contribution in [0.5, 0.6) is 0 Å². The number of hydrogen-bond donors (Lipinski definition) is 1. The molecule has 8 heteroatoms. The first kappa shape index (κ1) is 21.6. The molecule has 30 heavy (non-hydrogen) atoms. The molecule has 154 valence electrons. The standard InChI is InChI=1S/C22H20Cl2N4O2/c1-27(2)17-8-5-15(6-9-17)13-25-26-21(29)18-4-3-11-28(22(18)30)14-16-7-10-19(23)20(24)12-16/h3-13H,14H2,1-2H3,(H,26,29)/b25-13-. The average molecular weight is 443 g/mol. The Kier molecular flexibility index (Phi) is 6.92. The molecule has 1 heterocycles. The van der Waals surface area contributed by atoms with E-state index in [0.717, 1.165) is 16.8 Å². The van der Waals surface area contributed by atoms with Crippen LogP contribution in [0.15, 0.2) is 70.7 Å². The minimum Gasteiger partial charge on any atom is -0.378 e. The molecule has 3 aromatic rings. The molecular weight excluding hydrogens is 423 g/mol. The van der Waals surface area contributed by atoms with Crippen LogP contribution < -0.4 is 15.9 Å². The number of nitrogens with zero attached hydrogens (tertiary/aromatic N) is 3. The van der Waals surface area contributed by atoms with E-state index >= 15 is 0 Å². The third-order valence-corrected chi connectivity index (χ3v) is 5.13. The van der Waals surface area contributed by atoms with E-state index in [4.69, 9.17) is 23.2 Å². The molecule has 0 fully saturated rings. The van der Waals surface area contributed by atoms with Crippen molar-refractivity contribution in [2.24, 2.45) is 5.10 Å². The molecule has 1 N–H and O–H groups in total. The predicted molar refractivity (Wildman–Crippen MR) is 122 cm³/mol. The van der Waals surface area contributed by atoms with E-state index in [1.165, 1.54) is 16.8 Å². The van der Waals surface area contributed by atoms with Gasteiger partial charge in [-0.2, -0.15) is 5.10 Å². The van der Waals surface area contributed by atoms with Crippen LogP contribution in [0.25, 0.3) is 0 Å². The first-order chi connectivity index (χ1) is 14.3. The number of benzene rings is 2. The number of halogens is 2. The van der Waals surface area contributed by atoms with Crippen LogP contribution in [-0.2, 0) is 6.54 Å². The number of carbonyl (C=O) groups is 1. The van der Waals surface area contributed by atoms with Crippen LogP contribution in [0.1, 0.15) is 21.5 Å². The number of anilines is 1. The summed E-state index contributed by atoms with van der Waals surface area (Å²) in [4.78, 5) is 27.1. The van der Waals surface area contributed by atoms with Gasteiger partial charge in [-0.3, -0.25) is 9.59 Å². The molecule has 0 aliphatic carbocycles. The van der Waals surface area contributed by atoms with Gasteiger partial charge in [0.2, 0.25) is 0 Å². The van der Waals surface area contributed by atoms with Crippen molar-refractivity contribution in [2.75, 3.05) is 19.0 Å². The van der Waals surface area contributed by atoms with E-state index in [9.17, 15) is 9.59 Å². The first-order valence-electron chi connectivity index (χ1n) is 9.09. The zero-order chi connectivity index (χ0) is 21.7. The van der Waals surface area contributed by atoms with Gasteiger partial charge in [0, 0.05) is 26.0 Å². The van der Waals surface area contributed by atoms with Gasteiger partial charge in [-0.05, 0) is 47.5 Å². The Labute approximate surface area is 184 Å². The highest BCUT2D eigenvalue weighted by atomic mass is 35.5. The molecule has 0 radical (unpaired) electrons. The Hall–Kier alpha value is -3.09. The Morgan fingerprint density at radius 1 is 1.10 bits per heavy atom. The van der Waals surface area contributed by atoms with Crippen LogP contribution in [0.4, 0.5) is 5.69 Å². The number of pyridine rings is 1. The highest BCUT2D eigenvalue weighted by Crippen LogP contribution is 2.22. The van der Waals surface area contributed by atoms with E-state index in [2.05, 4.69) is 10.5 Å². The number of carbonyl (C=O) groups excluding carboxylic acids is 1. The maximum Gasteiger partial charge on any atom is 0.276 e. The maximum absolute atomic E-state index is 12.7. The smallest absolute Gasteiger partial charge is 0.276 e. The molecular formula is C22H20Cl2N4O2. The van der Waals surface area contributed by atoms with Crippen molar-refractivity contribution < 1.29 is 4.79 Å². The van der Waals surface area contributed by atoms with Gasteiger partial charge in [0.25, 0.3) is 11.5 Å². The first-order valence-corrected chi connectivity index (χ1v) is 9.85. The summed E-state index contributed by atoms with van der Waals surface area (Å²) in [6, 6.07) is 15.9. The van der Waals surface area contributed by atoms with Gasteiger partial charge in [-0.25, -0.2) is 5.43 Å². The Morgan fingerprint density at radius 3 is 2.50 bits per heavy atom. The van der Waals surface area contributed by atoms with Gasteiger partial charge in [-0.15, -0.1) is 0 Å². The Bertz CT molecular complexity index is 1140. The monoisotopic (exact) mass is 442 g/mol. The van der Waals surface area contributed by atoms with Gasteiger partial charge in [0.15, 0.2) is 0 Å². The molecule has 0 spiro atoms. The fraction of sp³-hybridized carbons (Fsp3) is 0.136. The summed E-state index contributed by atoms with van der Waals surface area (Å²) in [6.45, 7) is 0.262. The normalized spacial score (nSPS) is 10.9. The summed E-state index contributed by atoms with van der Waals surface area (Å²) in [5.74, 6) is -0.579. The molecule has 3 rings (SSSR count). The third-order valence-electron chi connectivity index (χ3n) is 4.39. The van der Waals surface area contributed by atoms with Crippen molar-refractivity contribution in [2.45, 2.75) is 6.54 Å². The largest absolute Gasteiger partial charge is 0.378 e. The second-order valence-corrected chi connectivity index (χ2v) is 7.60. The fourth-order valence-corrected chi connectivity index (χ4v) is 3.07. The van der Waals surface area contributed by atoms with Gasteiger partial charge in [0.05, 0.1) is 22.8 Å². The third kappa shape index (κ3) is 5.28. The summed E-state index contributed by atoms with van der Waals surface area (Å²) in [5.41, 5.74) is 4.65. The lowest BCUT2D eigenvalue weighted by molar-refractivity contribution is 0.0953. The number of hydrogen-bond acceptors (Lipinski definition) is 4. The second-order valence-electron chi connectivity index (χ2n) is 6.79. The van der Waals surface area contributed by atoms with Crippen LogP contribution in [0.3, 0.4) is 0 Å². The number of hydrazone groups is 1. The van der Waals surface area contributed by atoms with Gasteiger partial charge < -0.3 is 9.47 Å². The van der Waals surface area contributed by atoms with Crippen molar-refractivity contribution >= 4 is 41.0 Å². The molecule has 1 amide bonds. The molecule has 2 aromatic carbocycles. The van der Waals surface area contributed by atoms with Gasteiger partial charge >= 0.3 is 0 Å². The predicted octanol–water partition coefficient (Wildman–Crippen LogP) is 4.03. The van der Waals surface area contributed by atoms with Crippen molar-refractivity contribution in [3.05, 3.63) is 97.9 Å². The highest BCUT2D eigenvalue weighted by molar-refractivity contribution is 6.42. The van der Waals surface area contributed by atoms with E-state index in [-0.39, 0.29) is 12.1 Å².